The molecule has 2 rings (SSSR count). The van der Waals surface area contributed by atoms with Crippen LogP contribution in [0, 0.1) is 0 Å². The van der Waals surface area contributed by atoms with Crippen LogP contribution < -0.4 is 5.32 Å². The molecule has 0 saturated carbocycles. The molecular formula is C17H25NS. The van der Waals surface area contributed by atoms with Crippen molar-refractivity contribution in [3.05, 3.63) is 35.2 Å². The Morgan fingerprint density at radius 2 is 1.79 bits per heavy atom. The largest absolute Gasteiger partial charge is 0.312 e. The van der Waals surface area contributed by atoms with Gasteiger partial charge in [0.15, 0.2) is 0 Å². The molecule has 1 aromatic carbocycles. The minimum absolute atomic E-state index is 0.199. The Labute approximate surface area is 121 Å². The Hall–Kier alpha value is -0.860. The summed E-state index contributed by atoms with van der Waals surface area (Å²) in [4.78, 5) is 0. The first-order valence-corrected chi connectivity index (χ1v) is 7.89. The molecule has 2 heteroatoms. The standard InChI is InChI=1S/C17H25NS/c1-16(2,3)18-11-10-17(4,5)14-8-6-7-13-9-12-19-15(13)14/h6-9,12,18H,10-11H2,1-5H3. The maximum atomic E-state index is 3.59. The number of hydrogen-bond acceptors (Lipinski definition) is 2. The Balaban J connectivity index is 2.17. The van der Waals surface area contributed by atoms with E-state index in [9.17, 15) is 0 Å². The fourth-order valence-electron chi connectivity index (χ4n) is 2.41. The zero-order chi connectivity index (χ0) is 14.1. The summed E-state index contributed by atoms with van der Waals surface area (Å²) < 4.78 is 1.45. The van der Waals surface area contributed by atoms with Crippen molar-refractivity contribution in [1.29, 1.82) is 0 Å². The molecule has 104 valence electrons. The van der Waals surface area contributed by atoms with E-state index in [0.29, 0.717) is 0 Å². The van der Waals surface area contributed by atoms with Gasteiger partial charge >= 0.3 is 0 Å². The highest BCUT2D eigenvalue weighted by Crippen LogP contribution is 2.35. The predicted octanol–water partition coefficient (Wildman–Crippen LogP) is 4.96. The molecule has 0 bridgehead atoms. The smallest absolute Gasteiger partial charge is 0.0380 e. The van der Waals surface area contributed by atoms with E-state index >= 15 is 0 Å². The van der Waals surface area contributed by atoms with Gasteiger partial charge in [0.1, 0.15) is 0 Å². The number of benzene rings is 1. The summed E-state index contributed by atoms with van der Waals surface area (Å²) in [5.74, 6) is 0. The minimum atomic E-state index is 0.199. The number of nitrogens with one attached hydrogen (secondary N) is 1. The van der Waals surface area contributed by atoms with E-state index in [2.05, 4.69) is 69.6 Å². The van der Waals surface area contributed by atoms with E-state index in [1.807, 2.05) is 11.3 Å². The molecule has 19 heavy (non-hydrogen) atoms. The Morgan fingerprint density at radius 1 is 1.05 bits per heavy atom. The van der Waals surface area contributed by atoms with Crippen molar-refractivity contribution < 1.29 is 0 Å². The highest BCUT2D eigenvalue weighted by Gasteiger charge is 2.23. The molecule has 0 aliphatic carbocycles. The first-order chi connectivity index (χ1) is 8.80. The van der Waals surface area contributed by atoms with E-state index in [1.165, 1.54) is 15.6 Å². The van der Waals surface area contributed by atoms with Gasteiger partial charge in [0.25, 0.3) is 0 Å². The van der Waals surface area contributed by atoms with Crippen LogP contribution in [0.1, 0.15) is 46.6 Å². The zero-order valence-corrected chi connectivity index (χ0v) is 13.5. The average molecular weight is 275 g/mol. The van der Waals surface area contributed by atoms with Crippen LogP contribution in [0.4, 0.5) is 0 Å². The first kappa shape index (κ1) is 14.5. The highest BCUT2D eigenvalue weighted by molar-refractivity contribution is 7.17. The normalized spacial score (nSPS) is 13.1. The highest BCUT2D eigenvalue weighted by atomic mass is 32.1. The van der Waals surface area contributed by atoms with Gasteiger partial charge in [-0.2, -0.15) is 0 Å². The van der Waals surface area contributed by atoms with E-state index < -0.39 is 0 Å². The second-order valence-electron chi connectivity index (χ2n) is 6.96. The molecule has 0 unspecified atom stereocenters. The molecule has 0 aliphatic heterocycles. The number of rotatable bonds is 4. The van der Waals surface area contributed by atoms with Gasteiger partial charge < -0.3 is 5.32 Å². The maximum absolute atomic E-state index is 3.59. The summed E-state index contributed by atoms with van der Waals surface area (Å²) in [6.45, 7) is 12.4. The lowest BCUT2D eigenvalue weighted by Crippen LogP contribution is -2.38. The van der Waals surface area contributed by atoms with Crippen LogP contribution in [0.3, 0.4) is 0 Å². The molecule has 2 aromatic rings. The van der Waals surface area contributed by atoms with Gasteiger partial charge in [-0.1, -0.05) is 32.0 Å². The van der Waals surface area contributed by atoms with Gasteiger partial charge in [0.2, 0.25) is 0 Å². The van der Waals surface area contributed by atoms with Crippen LogP contribution in [-0.4, -0.2) is 12.1 Å². The van der Waals surface area contributed by atoms with Gasteiger partial charge in [-0.25, -0.2) is 0 Å². The maximum Gasteiger partial charge on any atom is 0.0380 e. The Bertz CT molecular complexity index is 546. The van der Waals surface area contributed by atoms with Crippen molar-refractivity contribution in [2.24, 2.45) is 0 Å². The third kappa shape index (κ3) is 3.58. The second-order valence-corrected chi connectivity index (χ2v) is 7.87. The molecule has 0 atom stereocenters. The molecule has 1 N–H and O–H groups in total. The van der Waals surface area contributed by atoms with Crippen LogP contribution >= 0.6 is 11.3 Å². The predicted molar refractivity (Wildman–Crippen MR) is 87.2 cm³/mol. The van der Waals surface area contributed by atoms with Crippen LogP contribution in [0.25, 0.3) is 10.1 Å². The molecule has 1 nitrogen and oxygen atoms in total. The molecule has 0 spiro atoms. The molecule has 0 amide bonds. The third-order valence-corrected chi connectivity index (χ3v) is 4.58. The minimum Gasteiger partial charge on any atom is -0.312 e. The summed E-state index contributed by atoms with van der Waals surface area (Å²) in [7, 11) is 0. The molecule has 1 aromatic heterocycles. The van der Waals surface area contributed by atoms with E-state index in [-0.39, 0.29) is 11.0 Å². The lowest BCUT2D eigenvalue weighted by Gasteiger charge is -2.29. The number of hydrogen-bond donors (Lipinski definition) is 1. The Kier molecular flexibility index (Phi) is 4.03. The van der Waals surface area contributed by atoms with E-state index in [1.54, 1.807) is 0 Å². The van der Waals surface area contributed by atoms with Crippen molar-refractivity contribution >= 4 is 21.4 Å². The van der Waals surface area contributed by atoms with Crippen LogP contribution in [0.15, 0.2) is 29.6 Å². The van der Waals surface area contributed by atoms with Crippen molar-refractivity contribution in [1.82, 2.24) is 5.32 Å². The first-order valence-electron chi connectivity index (χ1n) is 7.01. The van der Waals surface area contributed by atoms with Crippen molar-refractivity contribution in [3.63, 3.8) is 0 Å². The summed E-state index contributed by atoms with van der Waals surface area (Å²) in [6.07, 6.45) is 1.15. The summed E-state index contributed by atoms with van der Waals surface area (Å²) in [5, 5.41) is 7.16. The van der Waals surface area contributed by atoms with Crippen LogP contribution in [0.2, 0.25) is 0 Å². The quantitative estimate of drug-likeness (QED) is 0.832. The summed E-state index contributed by atoms with van der Waals surface area (Å²) >= 11 is 1.86. The number of fused-ring (bicyclic) bond motifs is 1. The van der Waals surface area contributed by atoms with E-state index in [0.717, 1.165) is 13.0 Å². The summed E-state index contributed by atoms with van der Waals surface area (Å²) in [5.41, 5.74) is 1.89. The SMILES string of the molecule is CC(C)(C)NCCC(C)(C)c1cccc2ccsc12. The van der Waals surface area contributed by atoms with Crippen LogP contribution in [0.5, 0.6) is 0 Å². The van der Waals surface area contributed by atoms with Gasteiger partial charge in [0.05, 0.1) is 0 Å². The van der Waals surface area contributed by atoms with Gasteiger partial charge in [0, 0.05) is 10.2 Å². The molecule has 0 radical (unpaired) electrons. The van der Waals surface area contributed by atoms with Crippen molar-refractivity contribution in [3.8, 4) is 0 Å². The summed E-state index contributed by atoms with van der Waals surface area (Å²) in [6, 6.07) is 8.89. The second kappa shape index (κ2) is 5.26. The van der Waals surface area contributed by atoms with E-state index in [4.69, 9.17) is 0 Å². The topological polar surface area (TPSA) is 12.0 Å². The average Bonchev–Trinajstić information content (AvgIpc) is 2.73. The molecule has 0 aliphatic rings. The van der Waals surface area contributed by atoms with Crippen LogP contribution in [-0.2, 0) is 5.41 Å². The molecule has 0 fully saturated rings. The van der Waals surface area contributed by atoms with Crippen molar-refractivity contribution in [2.45, 2.75) is 52.0 Å². The Morgan fingerprint density at radius 3 is 2.47 bits per heavy atom. The van der Waals surface area contributed by atoms with Gasteiger partial charge in [-0.05, 0) is 61.5 Å². The lowest BCUT2D eigenvalue weighted by atomic mass is 9.81. The molecule has 1 heterocycles. The molecular weight excluding hydrogens is 250 g/mol. The number of thiophene rings is 1. The third-order valence-electron chi connectivity index (χ3n) is 3.61. The molecule has 0 saturated heterocycles. The zero-order valence-electron chi connectivity index (χ0n) is 12.7. The van der Waals surface area contributed by atoms with Crippen molar-refractivity contribution in [2.75, 3.05) is 6.54 Å². The monoisotopic (exact) mass is 275 g/mol. The van der Waals surface area contributed by atoms with Gasteiger partial charge in [-0.15, -0.1) is 11.3 Å². The van der Waals surface area contributed by atoms with Gasteiger partial charge in [-0.3, -0.25) is 0 Å². The fraction of sp³-hybridized carbons (Fsp3) is 0.529. The lowest BCUT2D eigenvalue weighted by molar-refractivity contribution is 0.380. The fourth-order valence-corrected chi connectivity index (χ4v) is 3.50.